The highest BCUT2D eigenvalue weighted by Gasteiger charge is 2.67. The molecule has 236 valence electrons. The maximum absolute atomic E-state index is 13.3. The summed E-state index contributed by atoms with van der Waals surface area (Å²) in [4.78, 5) is 13.2. The van der Waals surface area contributed by atoms with Gasteiger partial charge >= 0.3 is 6.18 Å². The van der Waals surface area contributed by atoms with Crippen molar-refractivity contribution in [3.05, 3.63) is 0 Å². The second kappa shape index (κ2) is 12.0. The zero-order chi connectivity index (χ0) is 31.2. The lowest BCUT2D eigenvalue weighted by molar-refractivity contribution is -0.251. The van der Waals surface area contributed by atoms with E-state index in [-0.39, 0.29) is 34.5 Å². The van der Waals surface area contributed by atoms with Crippen LogP contribution in [-0.4, -0.2) is 53.0 Å². The molecule has 0 aromatic carbocycles. The molecule has 4 nitrogen and oxygen atoms in total. The van der Waals surface area contributed by atoms with Crippen molar-refractivity contribution in [2.75, 3.05) is 6.61 Å². The van der Waals surface area contributed by atoms with E-state index in [0.717, 1.165) is 25.7 Å². The summed E-state index contributed by atoms with van der Waals surface area (Å²) in [6.45, 7) is 22.5. The Morgan fingerprint density at radius 1 is 0.927 bits per heavy atom. The topological polar surface area (TPSA) is 44.8 Å². The molecule has 3 fully saturated rings. The molecule has 0 aliphatic heterocycles. The lowest BCUT2D eigenvalue weighted by Gasteiger charge is -2.59. The average Bonchev–Trinajstić information content (AvgIpc) is 2.83. The number of halogens is 3. The third-order valence-electron chi connectivity index (χ3n) is 10.9. The standard InChI is InChI=1S/C32H55F3O4Si2/c1-22-27-24(17-18-25(23-15-13-12-14-16-23)38-40(8,9)29(2,3)4)26(39-41(10,11)30(5,6)7)19-20-31(27,28(22)36)37-21-32(33,34)35/h22-27H,12-16,19-21H2,1-11H3/t22?,24-,25-,26+,27+,31+/m1/s1. The molecule has 0 spiro atoms. The number of hydrogen-bond acceptors (Lipinski definition) is 4. The normalized spacial score (nSPS) is 31.1. The molecule has 41 heavy (non-hydrogen) atoms. The molecule has 9 heteroatoms. The minimum absolute atomic E-state index is 0.0237. The molecule has 6 atom stereocenters. The van der Waals surface area contributed by atoms with Crippen molar-refractivity contribution in [3.8, 4) is 11.8 Å². The number of ketones is 1. The van der Waals surface area contributed by atoms with E-state index in [2.05, 4.69) is 79.6 Å². The van der Waals surface area contributed by atoms with E-state index in [0.29, 0.717) is 12.3 Å². The van der Waals surface area contributed by atoms with Gasteiger partial charge in [-0.2, -0.15) is 13.2 Å². The number of ether oxygens (including phenoxy) is 1. The van der Waals surface area contributed by atoms with Crippen LogP contribution < -0.4 is 0 Å². The summed E-state index contributed by atoms with van der Waals surface area (Å²) in [6, 6.07) is 0. The Kier molecular flexibility index (Phi) is 10.2. The molecule has 0 N–H and O–H groups in total. The summed E-state index contributed by atoms with van der Waals surface area (Å²) in [5.74, 6) is 5.96. The van der Waals surface area contributed by atoms with Crippen LogP contribution in [0.3, 0.4) is 0 Å². The van der Waals surface area contributed by atoms with E-state index in [1.165, 1.54) is 6.42 Å². The predicted molar refractivity (Wildman–Crippen MR) is 164 cm³/mol. The first-order valence-corrected chi connectivity index (χ1v) is 21.5. The predicted octanol–water partition coefficient (Wildman–Crippen LogP) is 8.91. The molecule has 0 heterocycles. The fourth-order valence-corrected chi connectivity index (χ4v) is 8.97. The largest absolute Gasteiger partial charge is 0.413 e. The third-order valence-corrected chi connectivity index (χ3v) is 19.9. The lowest BCUT2D eigenvalue weighted by atomic mass is 9.50. The van der Waals surface area contributed by atoms with Crippen molar-refractivity contribution in [2.45, 2.75) is 154 Å². The van der Waals surface area contributed by atoms with E-state index in [1.807, 2.05) is 6.92 Å². The highest BCUT2D eigenvalue weighted by Crippen LogP contribution is 2.56. The molecule has 3 rings (SSSR count). The second-order valence-electron chi connectivity index (χ2n) is 15.9. The van der Waals surface area contributed by atoms with Crippen LogP contribution in [0.1, 0.15) is 93.4 Å². The number of rotatable bonds is 7. The molecule has 3 aliphatic carbocycles. The molecule has 1 unspecified atom stereocenters. The number of Topliss-reactive ketones (excluding diaryl/α,β-unsaturated/α-hetero) is 1. The summed E-state index contributed by atoms with van der Waals surface area (Å²) < 4.78 is 59.3. The molecule has 3 aliphatic rings. The molecule has 0 aromatic rings. The van der Waals surface area contributed by atoms with E-state index in [1.54, 1.807) is 0 Å². The fourth-order valence-electron chi connectivity index (χ4n) is 6.35. The SMILES string of the molecule is CC1C(=O)[C@]2(OCC(F)(F)F)CC[C@H](O[Si](C)(C)C(C)(C)C)[C@@H](C#C[C@@H](O[Si](C)(C)C(C)(C)C)C3CCCCC3)[C@H]12. The van der Waals surface area contributed by atoms with Crippen LogP contribution >= 0.6 is 0 Å². The van der Waals surface area contributed by atoms with Gasteiger partial charge in [-0.3, -0.25) is 4.79 Å². The van der Waals surface area contributed by atoms with Crippen LogP contribution in [0.25, 0.3) is 0 Å². The van der Waals surface area contributed by atoms with Gasteiger partial charge in [0, 0.05) is 11.8 Å². The summed E-state index contributed by atoms with van der Waals surface area (Å²) in [5, 5.41) is -0.0146. The molecule has 0 saturated heterocycles. The number of carbonyl (C=O) groups excluding carboxylic acids is 1. The van der Waals surface area contributed by atoms with Crippen LogP contribution in [-0.2, 0) is 18.4 Å². The van der Waals surface area contributed by atoms with Gasteiger partial charge in [-0.15, -0.1) is 0 Å². The Labute approximate surface area is 249 Å². The number of fused-ring (bicyclic) bond motifs is 1. The first-order valence-electron chi connectivity index (χ1n) is 15.6. The van der Waals surface area contributed by atoms with Gasteiger partial charge in [-0.1, -0.05) is 79.6 Å². The third kappa shape index (κ3) is 7.53. The van der Waals surface area contributed by atoms with Gasteiger partial charge in [0.2, 0.25) is 0 Å². The fraction of sp³-hybridized carbons (Fsp3) is 0.906. The Hall–Kier alpha value is -0.666. The van der Waals surface area contributed by atoms with Crippen LogP contribution in [0.2, 0.25) is 36.3 Å². The lowest BCUT2D eigenvalue weighted by Crippen LogP contribution is -2.71. The van der Waals surface area contributed by atoms with Crippen molar-refractivity contribution in [1.29, 1.82) is 0 Å². The minimum atomic E-state index is -4.50. The van der Waals surface area contributed by atoms with Crippen molar-refractivity contribution in [3.63, 3.8) is 0 Å². The van der Waals surface area contributed by atoms with Gasteiger partial charge in [0.25, 0.3) is 0 Å². The second-order valence-corrected chi connectivity index (χ2v) is 25.5. The van der Waals surface area contributed by atoms with Gasteiger partial charge in [0.05, 0.1) is 12.0 Å². The maximum atomic E-state index is 13.3. The molecular formula is C32H55F3O4Si2. The van der Waals surface area contributed by atoms with Gasteiger partial charge in [-0.05, 0) is 67.9 Å². The van der Waals surface area contributed by atoms with Crippen LogP contribution in [0.15, 0.2) is 0 Å². The Bertz CT molecular complexity index is 996. The molecule has 0 amide bonds. The van der Waals surface area contributed by atoms with Gasteiger partial charge < -0.3 is 13.6 Å². The van der Waals surface area contributed by atoms with E-state index in [9.17, 15) is 18.0 Å². The first kappa shape index (κ1) is 34.8. The number of hydrogen-bond donors (Lipinski definition) is 0. The Balaban J connectivity index is 2.04. The van der Waals surface area contributed by atoms with Crippen molar-refractivity contribution in [2.24, 2.45) is 23.7 Å². The summed E-state index contributed by atoms with van der Waals surface area (Å²) >= 11 is 0. The zero-order valence-corrected chi connectivity index (χ0v) is 29.4. The van der Waals surface area contributed by atoms with Crippen LogP contribution in [0, 0.1) is 35.5 Å². The molecule has 0 bridgehead atoms. The van der Waals surface area contributed by atoms with Crippen molar-refractivity contribution in [1.82, 2.24) is 0 Å². The Morgan fingerprint density at radius 2 is 1.49 bits per heavy atom. The summed E-state index contributed by atoms with van der Waals surface area (Å²) in [6.07, 6.45) is 1.38. The minimum Gasteiger partial charge on any atom is -0.413 e. The molecular weight excluding hydrogens is 562 g/mol. The van der Waals surface area contributed by atoms with Crippen LogP contribution in [0.5, 0.6) is 0 Å². The van der Waals surface area contributed by atoms with Gasteiger partial charge in [0.15, 0.2) is 22.4 Å². The zero-order valence-electron chi connectivity index (χ0n) is 27.4. The maximum Gasteiger partial charge on any atom is 0.411 e. The highest BCUT2D eigenvalue weighted by molar-refractivity contribution is 6.74. The van der Waals surface area contributed by atoms with Crippen molar-refractivity contribution < 1.29 is 31.6 Å². The van der Waals surface area contributed by atoms with Gasteiger partial charge in [0.1, 0.15) is 18.3 Å². The van der Waals surface area contributed by atoms with E-state index in [4.69, 9.17) is 13.6 Å². The van der Waals surface area contributed by atoms with E-state index >= 15 is 0 Å². The summed E-state index contributed by atoms with van der Waals surface area (Å²) in [7, 11) is -4.36. The smallest absolute Gasteiger partial charge is 0.411 e. The van der Waals surface area contributed by atoms with E-state index < -0.39 is 52.8 Å². The molecule has 0 aromatic heterocycles. The first-order chi connectivity index (χ1) is 18.5. The van der Waals surface area contributed by atoms with Crippen LogP contribution in [0.4, 0.5) is 13.2 Å². The molecule has 3 saturated carbocycles. The quantitative estimate of drug-likeness (QED) is 0.212. The number of alkyl halides is 3. The molecule has 0 radical (unpaired) electrons. The number of carbonyl (C=O) groups is 1. The summed E-state index contributed by atoms with van der Waals surface area (Å²) in [5.41, 5.74) is -1.44. The van der Waals surface area contributed by atoms with Gasteiger partial charge in [-0.25, -0.2) is 0 Å². The Morgan fingerprint density at radius 3 is 2.00 bits per heavy atom. The van der Waals surface area contributed by atoms with Crippen molar-refractivity contribution >= 4 is 22.4 Å². The highest BCUT2D eigenvalue weighted by atomic mass is 28.4. The monoisotopic (exact) mass is 616 g/mol. The average molecular weight is 617 g/mol.